The third kappa shape index (κ3) is 9.05. The molecule has 0 fully saturated rings. The topological polar surface area (TPSA) is 105 Å². The number of carbonyl (C=O) groups is 2. The fourth-order valence-electron chi connectivity index (χ4n) is 5.05. The molecule has 0 aliphatic rings. The Balaban J connectivity index is 1.83. The Hall–Kier alpha value is -4.54. The summed E-state index contributed by atoms with van der Waals surface area (Å²) in [6.07, 6.45) is 0.924. The van der Waals surface area contributed by atoms with Crippen molar-refractivity contribution >= 4 is 39.1 Å². The summed E-state index contributed by atoms with van der Waals surface area (Å²) < 4.78 is 40.4. The van der Waals surface area contributed by atoms with Gasteiger partial charge >= 0.3 is 0 Å². The van der Waals surface area contributed by atoms with E-state index in [1.165, 1.54) is 37.3 Å². The summed E-state index contributed by atoms with van der Waals surface area (Å²) in [7, 11) is -1.34. The van der Waals surface area contributed by atoms with Gasteiger partial charge in [0.1, 0.15) is 12.6 Å². The van der Waals surface area contributed by atoms with Crippen LogP contribution in [0, 0.1) is 6.92 Å². The molecule has 4 rings (SSSR count). The van der Waals surface area contributed by atoms with E-state index in [-0.39, 0.29) is 29.5 Å². The monoisotopic (exact) mass is 677 g/mol. The van der Waals surface area contributed by atoms with E-state index >= 15 is 0 Å². The molecule has 0 saturated heterocycles. The Morgan fingerprint density at radius 3 is 2.13 bits per heavy atom. The van der Waals surface area contributed by atoms with Crippen molar-refractivity contribution in [3.63, 3.8) is 0 Å². The second-order valence-electron chi connectivity index (χ2n) is 11.0. The molecule has 4 aromatic carbocycles. The van der Waals surface area contributed by atoms with Gasteiger partial charge in [-0.1, -0.05) is 78.7 Å². The predicted molar refractivity (Wildman–Crippen MR) is 184 cm³/mol. The number of nitrogens with zero attached hydrogens (tertiary/aromatic N) is 2. The number of anilines is 1. The van der Waals surface area contributed by atoms with E-state index in [0.29, 0.717) is 29.5 Å². The van der Waals surface area contributed by atoms with Crippen LogP contribution in [-0.2, 0) is 32.6 Å². The molecule has 0 aliphatic heterocycles. The number of halogens is 1. The second-order valence-corrected chi connectivity index (χ2v) is 13.3. The number of methoxy groups -OCH3 is 2. The molecular weight excluding hydrogens is 638 g/mol. The lowest BCUT2D eigenvalue weighted by atomic mass is 10.0. The standard InChI is InChI=1S/C36H40ClN3O6S/c1-5-21-38-36(42)32(22-27-9-7-6-8-10-27)39(24-28-13-15-29(37)16-14-28)35(41)25-40(30-17-20-33(45-3)34(23-30)46-4)47(43,44)31-18-11-26(2)12-19-31/h6-20,23,32H,5,21-22,24-25H2,1-4H3,(H,38,42)/t32-/m0/s1. The highest BCUT2D eigenvalue weighted by atomic mass is 35.5. The summed E-state index contributed by atoms with van der Waals surface area (Å²) in [5.41, 5.74) is 2.65. The van der Waals surface area contributed by atoms with Gasteiger partial charge in [-0.25, -0.2) is 8.42 Å². The van der Waals surface area contributed by atoms with Crippen LogP contribution in [0.5, 0.6) is 11.5 Å². The van der Waals surface area contributed by atoms with Crippen molar-refractivity contribution in [3.8, 4) is 11.5 Å². The van der Waals surface area contributed by atoms with Gasteiger partial charge in [-0.2, -0.15) is 0 Å². The van der Waals surface area contributed by atoms with E-state index in [4.69, 9.17) is 21.1 Å². The fourth-order valence-corrected chi connectivity index (χ4v) is 6.58. The lowest BCUT2D eigenvalue weighted by Gasteiger charge is -2.34. The molecule has 0 spiro atoms. The van der Waals surface area contributed by atoms with E-state index in [1.807, 2.05) is 44.2 Å². The van der Waals surface area contributed by atoms with Crippen molar-refractivity contribution in [2.75, 3.05) is 31.6 Å². The van der Waals surface area contributed by atoms with Crippen LogP contribution in [0.25, 0.3) is 0 Å². The second kappa shape index (κ2) is 16.3. The van der Waals surface area contributed by atoms with Gasteiger partial charge in [0, 0.05) is 30.6 Å². The van der Waals surface area contributed by atoms with Crippen LogP contribution in [0.3, 0.4) is 0 Å². The van der Waals surface area contributed by atoms with Crippen molar-refractivity contribution in [3.05, 3.63) is 119 Å². The zero-order valence-corrected chi connectivity index (χ0v) is 28.6. The smallest absolute Gasteiger partial charge is 0.264 e. The molecule has 2 amide bonds. The van der Waals surface area contributed by atoms with Crippen LogP contribution in [0.2, 0.25) is 5.02 Å². The molecule has 11 heteroatoms. The molecule has 0 aliphatic carbocycles. The van der Waals surface area contributed by atoms with Crippen LogP contribution < -0.4 is 19.1 Å². The van der Waals surface area contributed by atoms with Crippen LogP contribution in [-0.4, -0.2) is 58.5 Å². The predicted octanol–water partition coefficient (Wildman–Crippen LogP) is 6.03. The average molecular weight is 678 g/mol. The van der Waals surface area contributed by atoms with Gasteiger partial charge in [0.05, 0.1) is 24.8 Å². The van der Waals surface area contributed by atoms with Gasteiger partial charge in [-0.15, -0.1) is 0 Å². The minimum Gasteiger partial charge on any atom is -0.493 e. The fraction of sp³-hybridized carbons (Fsp3) is 0.278. The molecule has 4 aromatic rings. The minimum absolute atomic E-state index is 0.0106. The lowest BCUT2D eigenvalue weighted by molar-refractivity contribution is -0.140. The molecule has 0 bridgehead atoms. The first-order chi connectivity index (χ1) is 22.6. The molecule has 1 atom stereocenters. The van der Waals surface area contributed by atoms with Crippen molar-refractivity contribution in [2.24, 2.45) is 0 Å². The molecule has 248 valence electrons. The SMILES string of the molecule is CCCNC(=O)[C@H](Cc1ccccc1)N(Cc1ccc(Cl)cc1)C(=O)CN(c1ccc(OC)c(OC)c1)S(=O)(=O)c1ccc(C)cc1. The normalized spacial score (nSPS) is 11.8. The maximum Gasteiger partial charge on any atom is 0.264 e. The highest BCUT2D eigenvalue weighted by Crippen LogP contribution is 2.34. The number of hydrogen-bond donors (Lipinski definition) is 1. The van der Waals surface area contributed by atoms with Crippen LogP contribution in [0.15, 0.2) is 102 Å². The van der Waals surface area contributed by atoms with Crippen LogP contribution in [0.4, 0.5) is 5.69 Å². The van der Waals surface area contributed by atoms with Crippen molar-refractivity contribution in [2.45, 2.75) is 44.2 Å². The molecule has 0 heterocycles. The number of amides is 2. The Kier molecular flexibility index (Phi) is 12.3. The van der Waals surface area contributed by atoms with E-state index in [9.17, 15) is 18.0 Å². The third-order valence-electron chi connectivity index (χ3n) is 7.63. The number of ether oxygens (including phenoxy) is 2. The highest BCUT2D eigenvalue weighted by Gasteiger charge is 2.35. The summed E-state index contributed by atoms with van der Waals surface area (Å²) in [5.74, 6) is -0.217. The van der Waals surface area contributed by atoms with Crippen LogP contribution in [0.1, 0.15) is 30.0 Å². The van der Waals surface area contributed by atoms with E-state index in [2.05, 4.69) is 5.32 Å². The molecule has 47 heavy (non-hydrogen) atoms. The highest BCUT2D eigenvalue weighted by molar-refractivity contribution is 7.92. The maximum absolute atomic E-state index is 14.6. The lowest BCUT2D eigenvalue weighted by Crippen LogP contribution is -2.53. The Morgan fingerprint density at radius 1 is 0.851 bits per heavy atom. The number of sulfonamides is 1. The minimum atomic E-state index is -4.27. The number of aryl methyl sites for hydroxylation is 1. The number of nitrogens with one attached hydrogen (secondary N) is 1. The summed E-state index contributed by atoms with van der Waals surface area (Å²) in [5, 5.41) is 3.47. The molecule has 0 unspecified atom stereocenters. The summed E-state index contributed by atoms with van der Waals surface area (Å²) in [4.78, 5) is 29.8. The quantitative estimate of drug-likeness (QED) is 0.165. The van der Waals surface area contributed by atoms with Gasteiger partial charge in [0.15, 0.2) is 11.5 Å². The molecule has 0 radical (unpaired) electrons. The van der Waals surface area contributed by atoms with Crippen LogP contribution >= 0.6 is 11.6 Å². The average Bonchev–Trinajstić information content (AvgIpc) is 3.08. The number of benzene rings is 4. The zero-order valence-electron chi connectivity index (χ0n) is 27.0. The molecule has 0 aromatic heterocycles. The molecule has 0 saturated carbocycles. The van der Waals surface area contributed by atoms with E-state index < -0.39 is 28.5 Å². The number of hydrogen-bond acceptors (Lipinski definition) is 6. The number of rotatable bonds is 15. The summed E-state index contributed by atoms with van der Waals surface area (Å²) in [6.45, 7) is 3.67. The Bertz CT molecular complexity index is 1750. The third-order valence-corrected chi connectivity index (χ3v) is 9.67. The van der Waals surface area contributed by atoms with Gasteiger partial charge in [0.2, 0.25) is 11.8 Å². The van der Waals surface area contributed by atoms with Gasteiger partial charge in [-0.3, -0.25) is 13.9 Å². The zero-order chi connectivity index (χ0) is 34.0. The first kappa shape index (κ1) is 35.3. The maximum atomic E-state index is 14.6. The van der Waals surface area contributed by atoms with Gasteiger partial charge in [0.25, 0.3) is 10.0 Å². The van der Waals surface area contributed by atoms with Gasteiger partial charge in [-0.05, 0) is 60.9 Å². The van der Waals surface area contributed by atoms with Gasteiger partial charge < -0.3 is 19.7 Å². The molecule has 9 nitrogen and oxygen atoms in total. The van der Waals surface area contributed by atoms with E-state index in [0.717, 1.165) is 21.0 Å². The molecule has 1 N–H and O–H groups in total. The van der Waals surface area contributed by atoms with Crippen molar-refractivity contribution in [1.29, 1.82) is 0 Å². The van der Waals surface area contributed by atoms with Crippen molar-refractivity contribution in [1.82, 2.24) is 10.2 Å². The molecular formula is C36H40ClN3O6S. The largest absolute Gasteiger partial charge is 0.493 e. The van der Waals surface area contributed by atoms with Crippen molar-refractivity contribution < 1.29 is 27.5 Å². The first-order valence-corrected chi connectivity index (χ1v) is 17.1. The number of carbonyl (C=O) groups excluding carboxylic acids is 2. The Labute approximate surface area is 282 Å². The van der Waals surface area contributed by atoms with E-state index in [1.54, 1.807) is 48.5 Å². The first-order valence-electron chi connectivity index (χ1n) is 15.2. The summed E-state index contributed by atoms with van der Waals surface area (Å²) >= 11 is 6.15. The Morgan fingerprint density at radius 2 is 1.51 bits per heavy atom. The summed E-state index contributed by atoms with van der Waals surface area (Å²) in [6, 6.07) is 26.5.